The van der Waals surface area contributed by atoms with E-state index < -0.39 is 0 Å². The minimum absolute atomic E-state index is 0.336. The number of ketones is 1. The van der Waals surface area contributed by atoms with Crippen LogP contribution in [0.15, 0.2) is 0 Å². The van der Waals surface area contributed by atoms with E-state index in [1.807, 2.05) is 0 Å². The quantitative estimate of drug-likeness (QED) is 0.684. The molecule has 0 aliphatic carbocycles. The fraction of sp³-hybridized carbons (Fsp3) is 0.929. The largest absolute Gasteiger partial charge is 0.302 e. The summed E-state index contributed by atoms with van der Waals surface area (Å²) in [6.07, 6.45) is 7.13. The zero-order valence-corrected chi connectivity index (χ0v) is 11.2. The minimum Gasteiger partial charge on any atom is -0.302 e. The van der Waals surface area contributed by atoms with Gasteiger partial charge in [-0.15, -0.1) is 0 Å². The van der Waals surface area contributed by atoms with Crippen LogP contribution in [0.1, 0.15) is 45.4 Å². The first-order valence-electron chi connectivity index (χ1n) is 7.21. The van der Waals surface area contributed by atoms with Gasteiger partial charge in [-0.3, -0.25) is 4.90 Å². The third-order valence-corrected chi connectivity index (χ3v) is 4.14. The number of unbranched alkanes of at least 4 members (excludes halogenated alkanes) is 1. The van der Waals surface area contributed by atoms with Crippen LogP contribution >= 0.6 is 0 Å². The van der Waals surface area contributed by atoms with Crippen molar-refractivity contribution in [3.63, 3.8) is 0 Å². The Kier molecular flexibility index (Phi) is 4.99. The van der Waals surface area contributed by atoms with Crippen molar-refractivity contribution in [1.82, 2.24) is 9.80 Å². The van der Waals surface area contributed by atoms with Crippen molar-refractivity contribution >= 4 is 5.78 Å². The van der Waals surface area contributed by atoms with Gasteiger partial charge in [0.2, 0.25) is 0 Å². The van der Waals surface area contributed by atoms with Gasteiger partial charge < -0.3 is 9.69 Å². The van der Waals surface area contributed by atoms with E-state index in [9.17, 15) is 4.79 Å². The maximum atomic E-state index is 10.9. The maximum Gasteiger partial charge on any atom is 0.129 e. The molecule has 0 radical (unpaired) electrons. The number of carbonyl (C=O) groups is 1. The molecule has 3 heteroatoms. The lowest BCUT2D eigenvalue weighted by molar-refractivity contribution is -0.117. The maximum absolute atomic E-state index is 10.9. The lowest BCUT2D eigenvalue weighted by atomic mass is 10.1. The number of rotatable bonds is 5. The molecule has 2 saturated heterocycles. The van der Waals surface area contributed by atoms with Gasteiger partial charge >= 0.3 is 0 Å². The Morgan fingerprint density at radius 3 is 2.82 bits per heavy atom. The summed E-state index contributed by atoms with van der Waals surface area (Å²) >= 11 is 0. The second-order valence-corrected chi connectivity index (χ2v) is 5.65. The van der Waals surface area contributed by atoms with Gasteiger partial charge in [0, 0.05) is 19.0 Å². The number of hydrogen-bond donors (Lipinski definition) is 0. The second-order valence-electron chi connectivity index (χ2n) is 5.65. The van der Waals surface area contributed by atoms with Crippen molar-refractivity contribution in [2.45, 2.75) is 51.5 Å². The normalized spacial score (nSPS) is 26.8. The summed E-state index contributed by atoms with van der Waals surface area (Å²) in [6.45, 7) is 8.03. The van der Waals surface area contributed by atoms with Crippen LogP contribution in [-0.2, 0) is 4.79 Å². The number of fused-ring (bicyclic) bond motifs is 1. The predicted octanol–water partition coefficient (Wildman–Crippen LogP) is 1.92. The van der Waals surface area contributed by atoms with Gasteiger partial charge in [-0.05, 0) is 65.2 Å². The van der Waals surface area contributed by atoms with E-state index in [0.29, 0.717) is 5.78 Å². The molecule has 0 bridgehead atoms. The molecule has 1 atom stereocenters. The average Bonchev–Trinajstić information content (AvgIpc) is 2.63. The highest BCUT2D eigenvalue weighted by molar-refractivity contribution is 5.75. The summed E-state index contributed by atoms with van der Waals surface area (Å²) < 4.78 is 0. The molecule has 0 amide bonds. The first-order chi connectivity index (χ1) is 8.25. The molecule has 2 aliphatic heterocycles. The fourth-order valence-electron chi connectivity index (χ4n) is 3.20. The third kappa shape index (κ3) is 4.07. The van der Waals surface area contributed by atoms with Crippen molar-refractivity contribution in [1.29, 1.82) is 0 Å². The first kappa shape index (κ1) is 13.0. The Morgan fingerprint density at radius 1 is 1.18 bits per heavy atom. The number of Topliss-reactive ketones (excluding diaryl/α,β-unsaturated/α-hetero) is 1. The summed E-state index contributed by atoms with van der Waals surface area (Å²) in [5.41, 5.74) is 0. The first-order valence-corrected chi connectivity index (χ1v) is 7.21. The van der Waals surface area contributed by atoms with E-state index in [1.54, 1.807) is 6.92 Å². The smallest absolute Gasteiger partial charge is 0.129 e. The van der Waals surface area contributed by atoms with Crippen LogP contribution < -0.4 is 0 Å². The molecular weight excluding hydrogens is 212 g/mol. The molecule has 2 fully saturated rings. The monoisotopic (exact) mass is 238 g/mol. The van der Waals surface area contributed by atoms with E-state index in [4.69, 9.17) is 0 Å². The van der Waals surface area contributed by atoms with E-state index in [2.05, 4.69) is 9.80 Å². The minimum atomic E-state index is 0.336. The zero-order chi connectivity index (χ0) is 12.1. The van der Waals surface area contributed by atoms with E-state index in [-0.39, 0.29) is 0 Å². The Morgan fingerprint density at radius 2 is 2.00 bits per heavy atom. The third-order valence-electron chi connectivity index (χ3n) is 4.14. The van der Waals surface area contributed by atoms with Crippen molar-refractivity contribution in [2.75, 3.05) is 32.7 Å². The Balaban J connectivity index is 1.68. The van der Waals surface area contributed by atoms with E-state index in [1.165, 1.54) is 58.4 Å². The van der Waals surface area contributed by atoms with Crippen molar-refractivity contribution in [2.24, 2.45) is 0 Å². The lowest BCUT2D eigenvalue weighted by Gasteiger charge is -2.25. The molecule has 3 nitrogen and oxygen atoms in total. The van der Waals surface area contributed by atoms with Crippen LogP contribution in [0, 0.1) is 0 Å². The highest BCUT2D eigenvalue weighted by Crippen LogP contribution is 2.21. The van der Waals surface area contributed by atoms with Crippen LogP contribution in [0.5, 0.6) is 0 Å². The molecule has 17 heavy (non-hydrogen) atoms. The standard InChI is InChI=1S/C14H26N2O/c1-13(17)6-2-3-8-15-9-5-11-16-10-4-7-14(16)12-15/h14H,2-12H2,1H3. The highest BCUT2D eigenvalue weighted by atomic mass is 16.1. The van der Waals surface area contributed by atoms with Gasteiger partial charge in [0.15, 0.2) is 0 Å². The summed E-state index contributed by atoms with van der Waals surface area (Å²) in [6, 6.07) is 0.824. The Bertz CT molecular complexity index is 255. The van der Waals surface area contributed by atoms with Crippen LogP contribution in [0.3, 0.4) is 0 Å². The molecule has 0 spiro atoms. The van der Waals surface area contributed by atoms with Crippen molar-refractivity contribution in [3.8, 4) is 0 Å². The van der Waals surface area contributed by atoms with Crippen molar-refractivity contribution < 1.29 is 4.79 Å². The van der Waals surface area contributed by atoms with Gasteiger partial charge in [0.25, 0.3) is 0 Å². The summed E-state index contributed by atoms with van der Waals surface area (Å²) in [7, 11) is 0. The predicted molar refractivity (Wildman–Crippen MR) is 70.2 cm³/mol. The fourth-order valence-corrected chi connectivity index (χ4v) is 3.20. The SMILES string of the molecule is CC(=O)CCCCN1CCCN2CCCC2C1. The van der Waals surface area contributed by atoms with Crippen LogP contribution in [0.4, 0.5) is 0 Å². The molecule has 0 aromatic heterocycles. The molecule has 98 valence electrons. The lowest BCUT2D eigenvalue weighted by Crippen LogP contribution is -2.37. The Labute approximate surface area is 105 Å². The molecule has 2 heterocycles. The van der Waals surface area contributed by atoms with Crippen LogP contribution in [0.2, 0.25) is 0 Å². The van der Waals surface area contributed by atoms with Gasteiger partial charge in [-0.1, -0.05) is 0 Å². The second kappa shape index (κ2) is 6.50. The van der Waals surface area contributed by atoms with Gasteiger partial charge in [0.05, 0.1) is 0 Å². The molecule has 0 N–H and O–H groups in total. The number of nitrogens with zero attached hydrogens (tertiary/aromatic N) is 2. The van der Waals surface area contributed by atoms with Gasteiger partial charge in [-0.25, -0.2) is 0 Å². The highest BCUT2D eigenvalue weighted by Gasteiger charge is 2.28. The molecule has 2 rings (SSSR count). The average molecular weight is 238 g/mol. The number of carbonyl (C=O) groups excluding carboxylic acids is 1. The van der Waals surface area contributed by atoms with Crippen LogP contribution in [-0.4, -0.2) is 54.3 Å². The zero-order valence-electron chi connectivity index (χ0n) is 11.2. The van der Waals surface area contributed by atoms with E-state index in [0.717, 1.165) is 18.9 Å². The van der Waals surface area contributed by atoms with Crippen LogP contribution in [0.25, 0.3) is 0 Å². The molecule has 0 aromatic rings. The molecular formula is C14H26N2O. The van der Waals surface area contributed by atoms with Gasteiger partial charge in [-0.2, -0.15) is 0 Å². The van der Waals surface area contributed by atoms with Crippen molar-refractivity contribution in [3.05, 3.63) is 0 Å². The molecule has 2 aliphatic rings. The van der Waals surface area contributed by atoms with E-state index >= 15 is 0 Å². The van der Waals surface area contributed by atoms with Gasteiger partial charge in [0.1, 0.15) is 5.78 Å². The molecule has 1 unspecified atom stereocenters. The molecule has 0 aromatic carbocycles. The Hall–Kier alpha value is -0.410. The summed E-state index contributed by atoms with van der Waals surface area (Å²) in [4.78, 5) is 16.2. The summed E-state index contributed by atoms with van der Waals surface area (Å²) in [5.74, 6) is 0.336. The summed E-state index contributed by atoms with van der Waals surface area (Å²) in [5, 5.41) is 0. The topological polar surface area (TPSA) is 23.6 Å². The number of hydrogen-bond acceptors (Lipinski definition) is 3. The molecule has 0 saturated carbocycles.